The fourth-order valence-corrected chi connectivity index (χ4v) is 4.55. The molecule has 0 amide bonds. The summed E-state index contributed by atoms with van der Waals surface area (Å²) in [7, 11) is 2.15. The van der Waals surface area contributed by atoms with Gasteiger partial charge in [0.25, 0.3) is 0 Å². The topological polar surface area (TPSA) is 15.3 Å². The minimum atomic E-state index is 0.811. The number of hydrogen-bond donors (Lipinski definition) is 1. The van der Waals surface area contributed by atoms with E-state index in [1.807, 2.05) is 0 Å². The largest absolute Gasteiger partial charge is 0.316 e. The normalized spacial score (nSPS) is 43.9. The number of piperidine rings is 1. The van der Waals surface area contributed by atoms with Gasteiger partial charge in [-0.25, -0.2) is 0 Å². The first kappa shape index (κ1) is 9.49. The summed E-state index contributed by atoms with van der Waals surface area (Å²) < 4.78 is 0. The molecular formula is C11H20N2S. The van der Waals surface area contributed by atoms with Gasteiger partial charge in [-0.1, -0.05) is 0 Å². The molecule has 1 N–H and O–H groups in total. The second-order valence-corrected chi connectivity index (χ2v) is 6.13. The van der Waals surface area contributed by atoms with Gasteiger partial charge < -0.3 is 5.32 Å². The van der Waals surface area contributed by atoms with Crippen molar-refractivity contribution < 1.29 is 0 Å². The van der Waals surface area contributed by atoms with Crippen molar-refractivity contribution in [1.82, 2.24) is 10.2 Å². The first-order valence-corrected chi connectivity index (χ1v) is 7.03. The molecule has 1 saturated carbocycles. The molecule has 3 fully saturated rings. The van der Waals surface area contributed by atoms with Gasteiger partial charge >= 0.3 is 0 Å². The standard InChI is InChI=1S/C11H20N2S/c1-12-11-8-4-13(10-2-3-10)5-9(11)7-14-6-8/h8-12H,2-7H2,1H3. The summed E-state index contributed by atoms with van der Waals surface area (Å²) in [5.41, 5.74) is 0. The number of nitrogens with zero attached hydrogens (tertiary/aromatic N) is 1. The van der Waals surface area contributed by atoms with Crippen molar-refractivity contribution in [1.29, 1.82) is 0 Å². The Kier molecular flexibility index (Phi) is 2.50. The second kappa shape index (κ2) is 3.69. The maximum atomic E-state index is 3.55. The molecule has 3 heteroatoms. The minimum absolute atomic E-state index is 0.811. The van der Waals surface area contributed by atoms with Crippen LogP contribution in [0, 0.1) is 11.8 Å². The molecule has 3 rings (SSSR count). The highest BCUT2D eigenvalue weighted by Crippen LogP contribution is 2.38. The Labute approximate surface area is 90.8 Å². The van der Waals surface area contributed by atoms with Crippen LogP contribution in [0.2, 0.25) is 0 Å². The zero-order chi connectivity index (χ0) is 9.54. The van der Waals surface area contributed by atoms with Crippen molar-refractivity contribution in [2.24, 2.45) is 11.8 Å². The van der Waals surface area contributed by atoms with E-state index in [1.165, 1.54) is 37.4 Å². The van der Waals surface area contributed by atoms with E-state index in [-0.39, 0.29) is 0 Å². The van der Waals surface area contributed by atoms with Gasteiger partial charge in [0.05, 0.1) is 0 Å². The lowest BCUT2D eigenvalue weighted by Gasteiger charge is -2.47. The minimum Gasteiger partial charge on any atom is -0.316 e. The second-order valence-electron chi connectivity index (χ2n) is 5.06. The third-order valence-corrected chi connectivity index (χ3v) is 5.34. The molecule has 2 aliphatic heterocycles. The fourth-order valence-electron chi connectivity index (χ4n) is 3.18. The van der Waals surface area contributed by atoms with Crippen LogP contribution in [0.4, 0.5) is 0 Å². The number of rotatable bonds is 2. The Morgan fingerprint density at radius 2 is 1.79 bits per heavy atom. The Morgan fingerprint density at radius 1 is 1.14 bits per heavy atom. The molecule has 3 aliphatic rings. The molecular weight excluding hydrogens is 192 g/mol. The maximum absolute atomic E-state index is 3.55. The summed E-state index contributed by atoms with van der Waals surface area (Å²) in [6.07, 6.45) is 2.94. The number of likely N-dealkylation sites (tertiary alicyclic amines) is 1. The molecule has 1 aliphatic carbocycles. The molecule has 2 nitrogen and oxygen atoms in total. The summed E-state index contributed by atoms with van der Waals surface area (Å²) in [5.74, 6) is 4.59. The van der Waals surface area contributed by atoms with E-state index in [0.29, 0.717) is 0 Å². The van der Waals surface area contributed by atoms with E-state index < -0.39 is 0 Å². The summed E-state index contributed by atoms with van der Waals surface area (Å²) in [4.78, 5) is 2.77. The van der Waals surface area contributed by atoms with Crippen molar-refractivity contribution in [3.63, 3.8) is 0 Å². The van der Waals surface area contributed by atoms with Crippen molar-refractivity contribution in [2.75, 3.05) is 31.6 Å². The first-order chi connectivity index (χ1) is 6.88. The van der Waals surface area contributed by atoms with E-state index in [1.54, 1.807) is 0 Å². The number of thioether (sulfide) groups is 1. The Hall–Kier alpha value is 0.270. The first-order valence-electron chi connectivity index (χ1n) is 5.87. The Morgan fingerprint density at radius 3 is 2.29 bits per heavy atom. The van der Waals surface area contributed by atoms with E-state index in [4.69, 9.17) is 0 Å². The molecule has 2 atom stereocenters. The van der Waals surface area contributed by atoms with Crippen LogP contribution in [-0.2, 0) is 0 Å². The molecule has 2 unspecified atom stereocenters. The van der Waals surface area contributed by atoms with E-state index in [9.17, 15) is 0 Å². The third kappa shape index (κ3) is 1.59. The van der Waals surface area contributed by atoms with Crippen LogP contribution >= 0.6 is 11.8 Å². The Balaban J connectivity index is 1.71. The van der Waals surface area contributed by atoms with Gasteiger partial charge in [0.2, 0.25) is 0 Å². The van der Waals surface area contributed by atoms with Gasteiger partial charge in [-0.05, 0) is 43.2 Å². The van der Waals surface area contributed by atoms with E-state index >= 15 is 0 Å². The summed E-state index contributed by atoms with van der Waals surface area (Å²) in [5, 5.41) is 3.55. The van der Waals surface area contributed by atoms with Crippen LogP contribution in [-0.4, -0.2) is 48.6 Å². The zero-order valence-corrected chi connectivity index (χ0v) is 9.72. The quantitative estimate of drug-likeness (QED) is 0.736. The molecule has 14 heavy (non-hydrogen) atoms. The lowest BCUT2D eigenvalue weighted by Crippen LogP contribution is -2.58. The number of nitrogens with one attached hydrogen (secondary N) is 1. The highest BCUT2D eigenvalue weighted by molar-refractivity contribution is 7.99. The van der Waals surface area contributed by atoms with Crippen molar-refractivity contribution in [2.45, 2.75) is 24.9 Å². The molecule has 80 valence electrons. The molecule has 2 heterocycles. The highest BCUT2D eigenvalue weighted by Gasteiger charge is 2.42. The Bertz CT molecular complexity index is 203. The monoisotopic (exact) mass is 212 g/mol. The SMILES string of the molecule is CNC1C2CSCC1CN(C1CC1)C2. The maximum Gasteiger partial charge on any atom is 0.0161 e. The predicted octanol–water partition coefficient (Wildman–Crippen LogP) is 1.03. The van der Waals surface area contributed by atoms with Crippen molar-refractivity contribution in [3.05, 3.63) is 0 Å². The zero-order valence-electron chi connectivity index (χ0n) is 8.91. The average molecular weight is 212 g/mol. The molecule has 2 bridgehead atoms. The molecule has 0 spiro atoms. The smallest absolute Gasteiger partial charge is 0.0161 e. The van der Waals surface area contributed by atoms with E-state index in [0.717, 1.165) is 23.9 Å². The van der Waals surface area contributed by atoms with Gasteiger partial charge in [-0.3, -0.25) is 4.90 Å². The van der Waals surface area contributed by atoms with Gasteiger partial charge in [0.15, 0.2) is 0 Å². The van der Waals surface area contributed by atoms with Crippen LogP contribution < -0.4 is 5.32 Å². The van der Waals surface area contributed by atoms with Gasteiger partial charge in [0, 0.05) is 25.2 Å². The van der Waals surface area contributed by atoms with Crippen molar-refractivity contribution >= 4 is 11.8 Å². The molecule has 0 radical (unpaired) electrons. The van der Waals surface area contributed by atoms with Gasteiger partial charge in [-0.2, -0.15) is 11.8 Å². The summed E-state index contributed by atoms with van der Waals surface area (Å²) >= 11 is 2.17. The summed E-state index contributed by atoms with van der Waals surface area (Å²) in [6.45, 7) is 2.72. The van der Waals surface area contributed by atoms with Crippen LogP contribution in [0.5, 0.6) is 0 Å². The van der Waals surface area contributed by atoms with Crippen LogP contribution in [0.3, 0.4) is 0 Å². The molecule has 0 aromatic heterocycles. The van der Waals surface area contributed by atoms with Crippen LogP contribution in [0.15, 0.2) is 0 Å². The third-order valence-electron chi connectivity index (χ3n) is 4.01. The molecule has 0 aromatic rings. The van der Waals surface area contributed by atoms with E-state index in [2.05, 4.69) is 29.0 Å². The van der Waals surface area contributed by atoms with Crippen LogP contribution in [0.1, 0.15) is 12.8 Å². The molecule has 2 saturated heterocycles. The molecule has 0 aromatic carbocycles. The van der Waals surface area contributed by atoms with Crippen LogP contribution in [0.25, 0.3) is 0 Å². The highest BCUT2D eigenvalue weighted by atomic mass is 32.2. The summed E-state index contributed by atoms with van der Waals surface area (Å²) in [6, 6.07) is 1.78. The van der Waals surface area contributed by atoms with Gasteiger partial charge in [-0.15, -0.1) is 0 Å². The predicted molar refractivity (Wildman–Crippen MR) is 61.7 cm³/mol. The lowest BCUT2D eigenvalue weighted by atomic mass is 9.85. The number of hydrogen-bond acceptors (Lipinski definition) is 3. The number of fused-ring (bicyclic) bond motifs is 2. The lowest BCUT2D eigenvalue weighted by molar-refractivity contribution is 0.0975. The van der Waals surface area contributed by atoms with Crippen molar-refractivity contribution in [3.8, 4) is 0 Å². The van der Waals surface area contributed by atoms with Gasteiger partial charge in [0.1, 0.15) is 0 Å². The fraction of sp³-hybridized carbons (Fsp3) is 1.00. The average Bonchev–Trinajstić information content (AvgIpc) is 2.98.